The summed E-state index contributed by atoms with van der Waals surface area (Å²) in [6.45, 7) is 8.25. The molecule has 1 aliphatic carbocycles. The van der Waals surface area contributed by atoms with E-state index in [2.05, 4.69) is 13.8 Å². The van der Waals surface area contributed by atoms with Crippen LogP contribution in [-0.2, 0) is 4.79 Å². The van der Waals surface area contributed by atoms with Crippen molar-refractivity contribution in [3.63, 3.8) is 0 Å². The Balaban J connectivity index is 2.89. The lowest BCUT2D eigenvalue weighted by Gasteiger charge is -2.34. The van der Waals surface area contributed by atoms with Crippen molar-refractivity contribution < 1.29 is 15.0 Å². The zero-order valence-electron chi connectivity index (χ0n) is 11.5. The van der Waals surface area contributed by atoms with Gasteiger partial charge in [0.25, 0.3) is 0 Å². The van der Waals surface area contributed by atoms with Crippen molar-refractivity contribution in [3.05, 3.63) is 0 Å². The monoisotopic (exact) mass is 242 g/mol. The molecule has 0 spiro atoms. The van der Waals surface area contributed by atoms with Gasteiger partial charge in [-0.05, 0) is 30.6 Å². The van der Waals surface area contributed by atoms with Gasteiger partial charge in [0, 0.05) is 0 Å². The number of hydrogen-bond acceptors (Lipinski definition) is 2. The van der Waals surface area contributed by atoms with Crippen molar-refractivity contribution in [3.8, 4) is 0 Å². The van der Waals surface area contributed by atoms with Gasteiger partial charge in [-0.3, -0.25) is 4.79 Å². The zero-order valence-corrected chi connectivity index (χ0v) is 11.5. The van der Waals surface area contributed by atoms with Gasteiger partial charge in [0.05, 0.1) is 11.5 Å². The second-order valence-corrected chi connectivity index (χ2v) is 6.47. The van der Waals surface area contributed by atoms with E-state index in [1.165, 1.54) is 0 Å². The minimum atomic E-state index is -1.02. The van der Waals surface area contributed by atoms with E-state index in [9.17, 15) is 15.0 Å². The number of carboxylic acid groups (broad SMARTS) is 1. The average Bonchev–Trinajstić information content (AvgIpc) is 2.35. The first-order valence-electron chi connectivity index (χ1n) is 6.68. The summed E-state index contributed by atoms with van der Waals surface area (Å²) in [5.41, 5.74) is -0.974. The average molecular weight is 242 g/mol. The number of carbonyl (C=O) groups is 1. The SMILES string of the molecule is CCCCC(C(=O)O)C1(O)CC(C)(C)CC1C. The Morgan fingerprint density at radius 3 is 2.41 bits per heavy atom. The fourth-order valence-corrected chi connectivity index (χ4v) is 3.48. The smallest absolute Gasteiger partial charge is 0.309 e. The third-order valence-corrected chi connectivity index (χ3v) is 4.22. The maximum Gasteiger partial charge on any atom is 0.309 e. The lowest BCUT2D eigenvalue weighted by molar-refractivity contribution is -0.156. The predicted octanol–water partition coefficient (Wildman–Crippen LogP) is 3.06. The van der Waals surface area contributed by atoms with Gasteiger partial charge in [0.2, 0.25) is 0 Å². The Morgan fingerprint density at radius 2 is 2.06 bits per heavy atom. The Kier molecular flexibility index (Phi) is 4.23. The van der Waals surface area contributed by atoms with Gasteiger partial charge in [-0.2, -0.15) is 0 Å². The number of hydrogen-bond donors (Lipinski definition) is 2. The van der Waals surface area contributed by atoms with Crippen LogP contribution in [0.5, 0.6) is 0 Å². The van der Waals surface area contributed by atoms with E-state index in [-0.39, 0.29) is 11.3 Å². The van der Waals surface area contributed by atoms with Gasteiger partial charge in [-0.25, -0.2) is 0 Å². The first-order chi connectivity index (χ1) is 7.73. The molecule has 0 heterocycles. The van der Waals surface area contributed by atoms with E-state index in [0.29, 0.717) is 12.8 Å². The number of aliphatic carboxylic acids is 1. The summed E-state index contributed by atoms with van der Waals surface area (Å²) in [6.07, 6.45) is 3.92. The van der Waals surface area contributed by atoms with Crippen LogP contribution >= 0.6 is 0 Å². The highest BCUT2D eigenvalue weighted by atomic mass is 16.4. The Hall–Kier alpha value is -0.570. The summed E-state index contributed by atoms with van der Waals surface area (Å²) in [6, 6.07) is 0. The molecule has 3 heteroatoms. The standard InChI is InChI=1S/C14H26O3/c1-5-6-7-11(12(15)16)14(17)9-13(3,4)8-10(14)2/h10-11,17H,5-9H2,1-4H3,(H,15,16). The maximum atomic E-state index is 11.4. The second kappa shape index (κ2) is 4.97. The molecule has 1 fully saturated rings. The van der Waals surface area contributed by atoms with Crippen LogP contribution in [0, 0.1) is 17.3 Å². The molecular weight excluding hydrogens is 216 g/mol. The topological polar surface area (TPSA) is 57.5 Å². The van der Waals surface area contributed by atoms with Crippen LogP contribution in [-0.4, -0.2) is 21.8 Å². The summed E-state index contributed by atoms with van der Waals surface area (Å²) in [7, 11) is 0. The maximum absolute atomic E-state index is 11.4. The summed E-state index contributed by atoms with van der Waals surface area (Å²) in [5.74, 6) is -1.39. The molecule has 0 aromatic heterocycles. The van der Waals surface area contributed by atoms with E-state index in [4.69, 9.17) is 0 Å². The molecule has 3 nitrogen and oxygen atoms in total. The highest BCUT2D eigenvalue weighted by Gasteiger charge is 2.53. The number of unbranched alkanes of at least 4 members (excludes halogenated alkanes) is 1. The molecule has 1 saturated carbocycles. The van der Waals surface area contributed by atoms with Crippen LogP contribution in [0.4, 0.5) is 0 Å². The van der Waals surface area contributed by atoms with Gasteiger partial charge in [-0.1, -0.05) is 40.5 Å². The van der Waals surface area contributed by atoms with E-state index in [1.54, 1.807) is 0 Å². The lowest BCUT2D eigenvalue weighted by atomic mass is 9.76. The molecule has 0 radical (unpaired) electrons. The third kappa shape index (κ3) is 3.01. The number of carboxylic acids is 1. The van der Waals surface area contributed by atoms with E-state index >= 15 is 0 Å². The van der Waals surface area contributed by atoms with E-state index in [1.807, 2.05) is 13.8 Å². The molecule has 17 heavy (non-hydrogen) atoms. The summed E-state index contributed by atoms with van der Waals surface area (Å²) in [4.78, 5) is 11.4. The largest absolute Gasteiger partial charge is 0.481 e. The van der Waals surface area contributed by atoms with Crippen molar-refractivity contribution in [2.75, 3.05) is 0 Å². The molecule has 100 valence electrons. The predicted molar refractivity (Wildman–Crippen MR) is 67.8 cm³/mol. The number of rotatable bonds is 5. The van der Waals surface area contributed by atoms with Gasteiger partial charge in [0.15, 0.2) is 0 Å². The molecule has 0 aliphatic heterocycles. The molecule has 0 aromatic carbocycles. The van der Waals surface area contributed by atoms with Crippen LogP contribution in [0.25, 0.3) is 0 Å². The van der Waals surface area contributed by atoms with Crippen LogP contribution in [0.1, 0.15) is 59.8 Å². The molecule has 1 aliphatic rings. The van der Waals surface area contributed by atoms with Crippen molar-refractivity contribution in [2.24, 2.45) is 17.3 Å². The Morgan fingerprint density at radius 1 is 1.47 bits per heavy atom. The van der Waals surface area contributed by atoms with Crippen molar-refractivity contribution >= 4 is 5.97 Å². The summed E-state index contributed by atoms with van der Waals surface area (Å²) < 4.78 is 0. The third-order valence-electron chi connectivity index (χ3n) is 4.22. The van der Waals surface area contributed by atoms with Crippen LogP contribution in [0.2, 0.25) is 0 Å². The second-order valence-electron chi connectivity index (χ2n) is 6.47. The Labute approximate surface area is 104 Å². The van der Waals surface area contributed by atoms with Gasteiger partial charge in [-0.15, -0.1) is 0 Å². The van der Waals surface area contributed by atoms with Crippen molar-refractivity contribution in [1.29, 1.82) is 0 Å². The lowest BCUT2D eigenvalue weighted by Crippen LogP contribution is -2.45. The zero-order chi connectivity index (χ0) is 13.3. The van der Waals surface area contributed by atoms with E-state index < -0.39 is 17.5 Å². The molecule has 1 rings (SSSR count). The molecule has 0 aromatic rings. The molecule has 3 atom stereocenters. The number of aliphatic hydroxyl groups is 1. The normalized spacial score (nSPS) is 33.6. The Bertz CT molecular complexity index is 285. The summed E-state index contributed by atoms with van der Waals surface area (Å²) in [5, 5.41) is 20.1. The van der Waals surface area contributed by atoms with Gasteiger partial charge < -0.3 is 10.2 Å². The fraction of sp³-hybridized carbons (Fsp3) is 0.929. The molecule has 0 saturated heterocycles. The van der Waals surface area contributed by atoms with Crippen LogP contribution in [0.15, 0.2) is 0 Å². The highest BCUT2D eigenvalue weighted by Crippen LogP contribution is 2.51. The molecule has 3 unspecified atom stereocenters. The minimum absolute atomic E-state index is 0.0497. The first-order valence-corrected chi connectivity index (χ1v) is 6.68. The quantitative estimate of drug-likeness (QED) is 0.779. The van der Waals surface area contributed by atoms with Crippen molar-refractivity contribution in [2.45, 2.75) is 65.4 Å². The molecule has 2 N–H and O–H groups in total. The fourth-order valence-electron chi connectivity index (χ4n) is 3.48. The highest BCUT2D eigenvalue weighted by molar-refractivity contribution is 5.71. The first kappa shape index (κ1) is 14.5. The van der Waals surface area contributed by atoms with Crippen LogP contribution in [0.3, 0.4) is 0 Å². The van der Waals surface area contributed by atoms with Gasteiger partial charge >= 0.3 is 5.97 Å². The van der Waals surface area contributed by atoms with Crippen LogP contribution < -0.4 is 0 Å². The summed E-state index contributed by atoms with van der Waals surface area (Å²) >= 11 is 0. The molecule has 0 bridgehead atoms. The van der Waals surface area contributed by atoms with E-state index in [0.717, 1.165) is 19.3 Å². The minimum Gasteiger partial charge on any atom is -0.481 e. The molecular formula is C14H26O3. The molecule has 0 amide bonds. The van der Waals surface area contributed by atoms with Gasteiger partial charge in [0.1, 0.15) is 0 Å². The van der Waals surface area contributed by atoms with Crippen molar-refractivity contribution in [1.82, 2.24) is 0 Å².